The Morgan fingerprint density at radius 2 is 1.66 bits per heavy atom. The minimum absolute atomic E-state index is 0.0253. The molecule has 0 spiro atoms. The minimum Gasteiger partial charge on any atom is -0.484 e. The van der Waals surface area contributed by atoms with Crippen LogP contribution >= 0.6 is 0 Å². The number of hydrogen-bond donors (Lipinski definition) is 0. The number of benzene rings is 1. The van der Waals surface area contributed by atoms with E-state index in [4.69, 9.17) is 9.15 Å². The van der Waals surface area contributed by atoms with Crippen molar-refractivity contribution in [3.8, 4) is 5.75 Å². The fraction of sp³-hybridized carbons (Fsp3) is 0.652. The zero-order chi connectivity index (χ0) is 21.1. The largest absolute Gasteiger partial charge is 0.484 e. The molecule has 1 heterocycles. The van der Waals surface area contributed by atoms with E-state index in [0.717, 1.165) is 56.5 Å². The summed E-state index contributed by atoms with van der Waals surface area (Å²) in [5.41, 5.74) is 0.474. The van der Waals surface area contributed by atoms with Gasteiger partial charge in [0, 0.05) is 24.4 Å². The lowest BCUT2D eigenvalue weighted by molar-refractivity contribution is -0.385. The van der Waals surface area contributed by atoms with Crippen LogP contribution in [0.1, 0.15) is 71.5 Å². The van der Waals surface area contributed by atoms with Crippen molar-refractivity contribution in [2.45, 2.75) is 72.1 Å². The van der Waals surface area contributed by atoms with Gasteiger partial charge in [0.1, 0.15) is 5.76 Å². The molecule has 0 N–H and O–H groups in total. The highest BCUT2D eigenvalue weighted by Gasteiger charge is 2.22. The monoisotopic (exact) mass is 404 g/mol. The lowest BCUT2D eigenvalue weighted by atomic mass is 10.2. The van der Waals surface area contributed by atoms with Crippen molar-refractivity contribution in [2.24, 2.45) is 0 Å². The number of fused-ring (bicyclic) bond motifs is 1. The molecule has 162 valence electrons. The Labute approximate surface area is 174 Å². The van der Waals surface area contributed by atoms with E-state index in [1.54, 1.807) is 6.07 Å². The number of nitrogens with zero attached hydrogens (tertiary/aromatic N) is 2. The van der Waals surface area contributed by atoms with Gasteiger partial charge in [-0.2, -0.15) is 0 Å². The maximum absolute atomic E-state index is 11.5. The van der Waals surface area contributed by atoms with Gasteiger partial charge in [0.2, 0.25) is 5.75 Å². The first kappa shape index (κ1) is 23.2. The molecule has 0 aliphatic carbocycles. The van der Waals surface area contributed by atoms with Crippen LogP contribution in [0.4, 0.5) is 5.69 Å². The van der Waals surface area contributed by atoms with E-state index in [0.29, 0.717) is 12.2 Å². The third-order valence-corrected chi connectivity index (χ3v) is 5.17. The molecule has 0 radical (unpaired) electrons. The summed E-state index contributed by atoms with van der Waals surface area (Å²) in [5.74, 6) is 1.13. The molecule has 0 atom stereocenters. The molecule has 0 aliphatic heterocycles. The predicted molar refractivity (Wildman–Crippen MR) is 118 cm³/mol. The first-order chi connectivity index (χ1) is 14.1. The van der Waals surface area contributed by atoms with Crippen molar-refractivity contribution in [2.75, 3.05) is 26.2 Å². The van der Waals surface area contributed by atoms with Crippen LogP contribution in [0.3, 0.4) is 0 Å². The van der Waals surface area contributed by atoms with Crippen molar-refractivity contribution in [3.05, 3.63) is 34.1 Å². The van der Waals surface area contributed by atoms with Gasteiger partial charge in [-0.3, -0.25) is 10.1 Å². The lowest BCUT2D eigenvalue weighted by Crippen LogP contribution is -2.28. The first-order valence-corrected chi connectivity index (χ1v) is 11.2. The molecule has 2 aromatic rings. The topological polar surface area (TPSA) is 68.8 Å². The smallest absolute Gasteiger partial charge is 0.314 e. The van der Waals surface area contributed by atoms with Crippen molar-refractivity contribution >= 4 is 16.7 Å². The lowest BCUT2D eigenvalue weighted by Gasteiger charge is -2.21. The van der Waals surface area contributed by atoms with E-state index in [1.807, 2.05) is 6.07 Å². The summed E-state index contributed by atoms with van der Waals surface area (Å²) >= 11 is 0. The summed E-state index contributed by atoms with van der Waals surface area (Å²) in [5, 5.41) is 12.4. The van der Waals surface area contributed by atoms with Crippen LogP contribution in [0.5, 0.6) is 5.75 Å². The van der Waals surface area contributed by atoms with Crippen molar-refractivity contribution < 1.29 is 14.1 Å². The summed E-state index contributed by atoms with van der Waals surface area (Å²) in [4.78, 5) is 13.6. The number of rotatable bonds is 15. The van der Waals surface area contributed by atoms with Crippen LogP contribution in [0, 0.1) is 10.1 Å². The number of unbranched alkanes of at least 4 members (excludes halogenated alkanes) is 3. The Balaban J connectivity index is 2.05. The van der Waals surface area contributed by atoms with Crippen LogP contribution in [-0.4, -0.2) is 36.1 Å². The standard InChI is InChI=1S/C23H36N2O4/c1-4-7-11-20-18-19-12-13-21(25(26)27)23(22(19)29-20)28-17-10-16-24(14-8-5-2)15-9-6-3/h12-13,18H,4-11,14-17H2,1-3H3. The van der Waals surface area contributed by atoms with E-state index < -0.39 is 4.92 Å². The molecule has 0 amide bonds. The molecule has 2 rings (SSSR count). The van der Waals surface area contributed by atoms with Crippen LogP contribution in [0.15, 0.2) is 22.6 Å². The third-order valence-electron chi connectivity index (χ3n) is 5.17. The van der Waals surface area contributed by atoms with E-state index in [-0.39, 0.29) is 11.4 Å². The second-order valence-corrected chi connectivity index (χ2v) is 7.66. The van der Waals surface area contributed by atoms with Crippen LogP contribution in [-0.2, 0) is 6.42 Å². The molecule has 1 aromatic heterocycles. The maximum Gasteiger partial charge on any atom is 0.314 e. The molecule has 6 nitrogen and oxygen atoms in total. The van der Waals surface area contributed by atoms with Crippen molar-refractivity contribution in [1.29, 1.82) is 0 Å². The first-order valence-electron chi connectivity index (χ1n) is 11.2. The zero-order valence-electron chi connectivity index (χ0n) is 18.2. The van der Waals surface area contributed by atoms with Crippen molar-refractivity contribution in [1.82, 2.24) is 4.90 Å². The quantitative estimate of drug-likeness (QED) is 0.196. The molecule has 0 saturated heterocycles. The summed E-state index contributed by atoms with van der Waals surface area (Å²) < 4.78 is 11.9. The third kappa shape index (κ3) is 7.03. The average Bonchev–Trinajstić information content (AvgIpc) is 3.14. The number of nitro groups is 1. The molecule has 0 bridgehead atoms. The minimum atomic E-state index is -0.391. The molecule has 0 fully saturated rings. The van der Waals surface area contributed by atoms with Gasteiger partial charge < -0.3 is 14.1 Å². The van der Waals surface area contributed by atoms with Crippen LogP contribution < -0.4 is 4.74 Å². The summed E-state index contributed by atoms with van der Waals surface area (Å²) in [7, 11) is 0. The number of aryl methyl sites for hydroxylation is 1. The summed E-state index contributed by atoms with van der Waals surface area (Å²) in [6.45, 7) is 10.1. The average molecular weight is 405 g/mol. The SMILES string of the molecule is CCCCc1cc2ccc([N+](=O)[O-])c(OCCCN(CCCC)CCCC)c2o1. The molecular formula is C23H36N2O4. The van der Waals surface area contributed by atoms with E-state index in [2.05, 4.69) is 25.7 Å². The van der Waals surface area contributed by atoms with E-state index >= 15 is 0 Å². The highest BCUT2D eigenvalue weighted by Crippen LogP contribution is 2.37. The van der Waals surface area contributed by atoms with Gasteiger partial charge in [0.25, 0.3) is 0 Å². The highest BCUT2D eigenvalue weighted by atomic mass is 16.6. The van der Waals surface area contributed by atoms with E-state index in [1.165, 1.54) is 31.7 Å². The normalized spacial score (nSPS) is 11.4. The maximum atomic E-state index is 11.5. The van der Waals surface area contributed by atoms with Gasteiger partial charge in [-0.1, -0.05) is 40.0 Å². The Hall–Kier alpha value is -2.08. The molecule has 0 saturated carbocycles. The fourth-order valence-corrected chi connectivity index (χ4v) is 3.44. The Morgan fingerprint density at radius 3 is 2.28 bits per heavy atom. The molecular weight excluding hydrogens is 368 g/mol. The Kier molecular flexibility index (Phi) is 9.98. The van der Waals surface area contributed by atoms with Gasteiger partial charge in [0.15, 0.2) is 5.58 Å². The summed E-state index contributed by atoms with van der Waals surface area (Å²) in [6, 6.07) is 5.24. The van der Waals surface area contributed by atoms with Gasteiger partial charge in [-0.15, -0.1) is 0 Å². The zero-order valence-corrected chi connectivity index (χ0v) is 18.2. The van der Waals surface area contributed by atoms with Gasteiger partial charge in [-0.25, -0.2) is 0 Å². The molecule has 6 heteroatoms. The Morgan fingerprint density at radius 1 is 1.00 bits per heavy atom. The van der Waals surface area contributed by atoms with Gasteiger partial charge in [-0.05, 0) is 50.9 Å². The second-order valence-electron chi connectivity index (χ2n) is 7.66. The number of furan rings is 1. The fourth-order valence-electron chi connectivity index (χ4n) is 3.44. The number of hydrogen-bond acceptors (Lipinski definition) is 5. The molecule has 1 aromatic carbocycles. The molecule has 29 heavy (non-hydrogen) atoms. The summed E-state index contributed by atoms with van der Waals surface area (Å²) in [6.07, 6.45) is 8.55. The van der Waals surface area contributed by atoms with Crippen LogP contribution in [0.25, 0.3) is 11.0 Å². The Bertz CT molecular complexity index is 749. The molecule has 0 unspecified atom stereocenters. The molecule has 0 aliphatic rings. The number of nitro benzene ring substituents is 1. The van der Waals surface area contributed by atoms with Gasteiger partial charge >= 0.3 is 5.69 Å². The number of ether oxygens (including phenoxy) is 1. The van der Waals surface area contributed by atoms with Crippen LogP contribution in [0.2, 0.25) is 0 Å². The van der Waals surface area contributed by atoms with Gasteiger partial charge in [0.05, 0.1) is 11.5 Å². The highest BCUT2D eigenvalue weighted by molar-refractivity contribution is 5.87. The van der Waals surface area contributed by atoms with E-state index in [9.17, 15) is 10.1 Å². The second kappa shape index (κ2) is 12.5. The predicted octanol–water partition coefficient (Wildman–Crippen LogP) is 6.35. The van der Waals surface area contributed by atoms with Crippen molar-refractivity contribution in [3.63, 3.8) is 0 Å².